The van der Waals surface area contributed by atoms with E-state index in [1.807, 2.05) is 22.9 Å². The lowest BCUT2D eigenvalue weighted by atomic mass is 10.2. The van der Waals surface area contributed by atoms with Crippen molar-refractivity contribution >= 4 is 27.5 Å². The second kappa shape index (κ2) is 4.46. The van der Waals surface area contributed by atoms with Crippen LogP contribution < -0.4 is 0 Å². The van der Waals surface area contributed by atoms with Gasteiger partial charge in [0.05, 0.1) is 12.2 Å². The van der Waals surface area contributed by atoms with Crippen molar-refractivity contribution < 1.29 is 0 Å². The van der Waals surface area contributed by atoms with Gasteiger partial charge in [-0.2, -0.15) is 5.10 Å². The molecule has 4 heteroatoms. The molecule has 0 amide bonds. The van der Waals surface area contributed by atoms with Crippen LogP contribution in [0.2, 0.25) is 5.15 Å². The molecule has 0 aliphatic heterocycles. The number of halogens is 2. The van der Waals surface area contributed by atoms with Gasteiger partial charge >= 0.3 is 0 Å². The highest BCUT2D eigenvalue weighted by Crippen LogP contribution is 2.40. The Morgan fingerprint density at radius 3 is 2.65 bits per heavy atom. The third-order valence-electron chi connectivity index (χ3n) is 2.99. The van der Waals surface area contributed by atoms with Crippen molar-refractivity contribution in [1.82, 2.24) is 9.78 Å². The van der Waals surface area contributed by atoms with Crippen molar-refractivity contribution in [2.45, 2.75) is 25.3 Å². The fourth-order valence-corrected chi connectivity index (χ4v) is 2.34. The molecule has 0 spiro atoms. The van der Waals surface area contributed by atoms with E-state index >= 15 is 0 Å². The third-order valence-corrected chi connectivity index (χ3v) is 3.82. The predicted molar refractivity (Wildman–Crippen MR) is 72.5 cm³/mol. The lowest BCUT2D eigenvalue weighted by Gasteiger charge is -2.03. The maximum Gasteiger partial charge on any atom is 0.127 e. The molecule has 1 aromatic carbocycles. The summed E-state index contributed by atoms with van der Waals surface area (Å²) in [5.41, 5.74) is 2.35. The molecule has 1 aliphatic carbocycles. The maximum atomic E-state index is 6.19. The Morgan fingerprint density at radius 2 is 2.00 bits per heavy atom. The van der Waals surface area contributed by atoms with Crippen LogP contribution in [-0.4, -0.2) is 9.78 Å². The molecule has 2 nitrogen and oxygen atoms in total. The van der Waals surface area contributed by atoms with Crippen LogP contribution in [0.1, 0.15) is 30.0 Å². The number of hydrogen-bond acceptors (Lipinski definition) is 1. The lowest BCUT2D eigenvalue weighted by Crippen LogP contribution is -2.02. The molecule has 17 heavy (non-hydrogen) atoms. The van der Waals surface area contributed by atoms with Crippen molar-refractivity contribution in [3.8, 4) is 0 Å². The van der Waals surface area contributed by atoms with E-state index < -0.39 is 0 Å². The zero-order valence-corrected chi connectivity index (χ0v) is 11.6. The second-order valence-electron chi connectivity index (χ2n) is 4.45. The number of rotatable bonds is 3. The van der Waals surface area contributed by atoms with E-state index in [0.29, 0.717) is 5.92 Å². The van der Waals surface area contributed by atoms with Crippen LogP contribution in [0, 0.1) is 0 Å². The molecule has 0 N–H and O–H groups in total. The van der Waals surface area contributed by atoms with Gasteiger partial charge < -0.3 is 0 Å². The first-order valence-electron chi connectivity index (χ1n) is 5.70. The van der Waals surface area contributed by atoms with Gasteiger partial charge in [-0.3, -0.25) is 0 Å². The zero-order valence-electron chi connectivity index (χ0n) is 9.24. The summed E-state index contributed by atoms with van der Waals surface area (Å²) < 4.78 is 2.96. The molecule has 3 rings (SSSR count). The molecule has 1 aliphatic rings. The van der Waals surface area contributed by atoms with Crippen molar-refractivity contribution in [1.29, 1.82) is 0 Å². The Bertz CT molecular complexity index is 529. The summed E-state index contributed by atoms with van der Waals surface area (Å²) in [5, 5.41) is 5.29. The predicted octanol–water partition coefficient (Wildman–Crippen LogP) is 4.22. The minimum absolute atomic E-state index is 0.652. The normalized spacial score (nSPS) is 15.2. The Labute approximate surface area is 114 Å². The maximum absolute atomic E-state index is 6.19. The molecule has 1 saturated carbocycles. The van der Waals surface area contributed by atoms with Gasteiger partial charge in [0.25, 0.3) is 0 Å². The molecule has 2 aromatic rings. The number of benzene rings is 1. The average Bonchev–Trinajstić information content (AvgIpc) is 3.09. The first-order valence-corrected chi connectivity index (χ1v) is 6.87. The largest absolute Gasteiger partial charge is 0.249 e. The monoisotopic (exact) mass is 310 g/mol. The first kappa shape index (κ1) is 11.3. The van der Waals surface area contributed by atoms with Crippen molar-refractivity contribution in [2.24, 2.45) is 0 Å². The van der Waals surface area contributed by atoms with Crippen LogP contribution in [0.25, 0.3) is 0 Å². The summed E-state index contributed by atoms with van der Waals surface area (Å²) >= 11 is 9.62. The second-order valence-corrected chi connectivity index (χ2v) is 5.75. The van der Waals surface area contributed by atoms with Crippen molar-refractivity contribution in [3.05, 3.63) is 51.2 Å². The number of aromatic nitrogens is 2. The molecule has 1 fully saturated rings. The highest BCUT2D eigenvalue weighted by atomic mass is 79.9. The van der Waals surface area contributed by atoms with E-state index in [4.69, 9.17) is 11.6 Å². The molecular weight excluding hydrogens is 300 g/mol. The quantitative estimate of drug-likeness (QED) is 0.829. The topological polar surface area (TPSA) is 17.8 Å². The Kier molecular flexibility index (Phi) is 2.97. The summed E-state index contributed by atoms with van der Waals surface area (Å²) in [6.45, 7) is 0.735. The molecule has 0 bridgehead atoms. The SMILES string of the molecule is Clc1cc(C2CC2)nn1Cc1ccc(Br)cc1. The van der Waals surface area contributed by atoms with Gasteiger partial charge in [0, 0.05) is 10.4 Å². The van der Waals surface area contributed by atoms with Gasteiger partial charge in [0.1, 0.15) is 5.15 Å². The van der Waals surface area contributed by atoms with Gasteiger partial charge in [-0.05, 0) is 36.6 Å². The molecule has 0 radical (unpaired) electrons. The summed E-state index contributed by atoms with van der Waals surface area (Å²) in [7, 11) is 0. The van der Waals surface area contributed by atoms with E-state index in [-0.39, 0.29) is 0 Å². The fourth-order valence-electron chi connectivity index (χ4n) is 1.86. The van der Waals surface area contributed by atoms with Crippen LogP contribution in [0.15, 0.2) is 34.8 Å². The smallest absolute Gasteiger partial charge is 0.127 e. The van der Waals surface area contributed by atoms with Crippen LogP contribution in [0.4, 0.5) is 0 Å². The van der Waals surface area contributed by atoms with Crippen LogP contribution >= 0.6 is 27.5 Å². The van der Waals surface area contributed by atoms with E-state index in [1.165, 1.54) is 18.4 Å². The molecule has 88 valence electrons. The van der Waals surface area contributed by atoms with E-state index in [0.717, 1.165) is 21.9 Å². The van der Waals surface area contributed by atoms with E-state index in [9.17, 15) is 0 Å². The Balaban J connectivity index is 1.81. The molecule has 0 saturated heterocycles. The average molecular weight is 312 g/mol. The number of hydrogen-bond donors (Lipinski definition) is 0. The molecule has 1 heterocycles. The summed E-state index contributed by atoms with van der Waals surface area (Å²) in [5.74, 6) is 0.652. The molecule has 1 aromatic heterocycles. The third kappa shape index (κ3) is 2.55. The van der Waals surface area contributed by atoms with Gasteiger partial charge in [0.2, 0.25) is 0 Å². The first-order chi connectivity index (χ1) is 8.22. The van der Waals surface area contributed by atoms with Gasteiger partial charge in [0.15, 0.2) is 0 Å². The van der Waals surface area contributed by atoms with E-state index in [1.54, 1.807) is 0 Å². The van der Waals surface area contributed by atoms with Gasteiger partial charge in [-0.25, -0.2) is 4.68 Å². The molecule has 0 atom stereocenters. The van der Waals surface area contributed by atoms with Crippen molar-refractivity contribution in [3.63, 3.8) is 0 Å². The Morgan fingerprint density at radius 1 is 1.29 bits per heavy atom. The molecule has 0 unspecified atom stereocenters. The molecular formula is C13H12BrClN2. The highest BCUT2D eigenvalue weighted by Gasteiger charge is 2.26. The van der Waals surface area contributed by atoms with Crippen LogP contribution in [0.3, 0.4) is 0 Å². The lowest BCUT2D eigenvalue weighted by molar-refractivity contribution is 0.673. The summed E-state index contributed by atoms with van der Waals surface area (Å²) in [6.07, 6.45) is 2.51. The minimum Gasteiger partial charge on any atom is -0.249 e. The zero-order chi connectivity index (χ0) is 11.8. The minimum atomic E-state index is 0.652. The van der Waals surface area contributed by atoms with Gasteiger partial charge in [-0.1, -0.05) is 39.7 Å². The van der Waals surface area contributed by atoms with Crippen LogP contribution in [-0.2, 0) is 6.54 Å². The summed E-state index contributed by atoms with van der Waals surface area (Å²) in [4.78, 5) is 0. The standard InChI is InChI=1S/C13H12BrClN2/c14-11-5-1-9(2-6-11)8-17-13(15)7-12(16-17)10-3-4-10/h1-2,5-7,10H,3-4,8H2. The fraction of sp³-hybridized carbons (Fsp3) is 0.308. The van der Waals surface area contributed by atoms with Crippen molar-refractivity contribution in [2.75, 3.05) is 0 Å². The van der Waals surface area contributed by atoms with Gasteiger partial charge in [-0.15, -0.1) is 0 Å². The van der Waals surface area contributed by atoms with Crippen LogP contribution in [0.5, 0.6) is 0 Å². The Hall–Kier alpha value is -0.800. The number of nitrogens with zero attached hydrogens (tertiary/aromatic N) is 2. The summed E-state index contributed by atoms with van der Waals surface area (Å²) in [6, 6.07) is 10.2. The highest BCUT2D eigenvalue weighted by molar-refractivity contribution is 9.10. The van der Waals surface area contributed by atoms with E-state index in [2.05, 4.69) is 33.2 Å².